The normalized spacial score (nSPS) is 16.4. The van der Waals surface area contributed by atoms with Crippen LogP contribution in [-0.2, 0) is 6.42 Å². The van der Waals surface area contributed by atoms with Crippen molar-refractivity contribution in [1.29, 1.82) is 0 Å². The van der Waals surface area contributed by atoms with Gasteiger partial charge < -0.3 is 4.90 Å². The fourth-order valence-corrected chi connectivity index (χ4v) is 3.03. The molecule has 3 heterocycles. The second-order valence-electron chi connectivity index (χ2n) is 4.43. The molecule has 0 bridgehead atoms. The van der Waals surface area contributed by atoms with Crippen molar-refractivity contribution in [2.75, 3.05) is 29.5 Å². The van der Waals surface area contributed by atoms with Gasteiger partial charge in [-0.15, -0.1) is 5.10 Å². The summed E-state index contributed by atoms with van der Waals surface area (Å²) in [5.74, 6) is 4.30. The summed E-state index contributed by atoms with van der Waals surface area (Å²) < 4.78 is 1.77. The molecule has 0 aliphatic carbocycles. The highest BCUT2D eigenvalue weighted by molar-refractivity contribution is 7.99. The molecule has 0 unspecified atom stereocenters. The Hall–Kier alpha value is -1.30. The lowest BCUT2D eigenvalue weighted by molar-refractivity contribution is 0.801. The summed E-state index contributed by atoms with van der Waals surface area (Å²) in [6.45, 7) is 4.29. The van der Waals surface area contributed by atoms with Crippen LogP contribution in [0.1, 0.15) is 19.2 Å². The molecule has 1 fully saturated rings. The van der Waals surface area contributed by atoms with Crippen LogP contribution in [0.15, 0.2) is 12.4 Å². The lowest BCUT2D eigenvalue weighted by Gasteiger charge is -2.27. The lowest BCUT2D eigenvalue weighted by Crippen LogP contribution is -2.33. The maximum Gasteiger partial charge on any atom is 0.161 e. The molecule has 3 rings (SSSR count). The number of hydrogen-bond acceptors (Lipinski definition) is 5. The van der Waals surface area contributed by atoms with Gasteiger partial charge in [-0.1, -0.05) is 6.92 Å². The van der Waals surface area contributed by atoms with Crippen molar-refractivity contribution < 1.29 is 0 Å². The van der Waals surface area contributed by atoms with E-state index in [-0.39, 0.29) is 0 Å². The highest BCUT2D eigenvalue weighted by atomic mass is 32.2. The van der Waals surface area contributed by atoms with E-state index in [0.29, 0.717) is 0 Å². The number of aryl methyl sites for hydroxylation is 1. The molecule has 0 saturated carbocycles. The van der Waals surface area contributed by atoms with Crippen molar-refractivity contribution in [1.82, 2.24) is 19.6 Å². The molecule has 2 aromatic heterocycles. The highest BCUT2D eigenvalue weighted by Crippen LogP contribution is 2.18. The minimum atomic E-state index is 0.904. The van der Waals surface area contributed by atoms with Crippen molar-refractivity contribution in [3.63, 3.8) is 0 Å². The average molecular weight is 263 g/mol. The summed E-state index contributed by atoms with van der Waals surface area (Å²) in [5.41, 5.74) is 0.904. The molecule has 96 valence electrons. The molecule has 1 aliphatic heterocycles. The maximum atomic E-state index is 4.54. The molecule has 1 aliphatic rings. The smallest absolute Gasteiger partial charge is 0.161 e. The van der Waals surface area contributed by atoms with Gasteiger partial charge in [0.2, 0.25) is 0 Å². The van der Waals surface area contributed by atoms with Crippen molar-refractivity contribution >= 4 is 23.2 Å². The van der Waals surface area contributed by atoms with E-state index in [4.69, 9.17) is 0 Å². The van der Waals surface area contributed by atoms with E-state index in [1.165, 1.54) is 11.5 Å². The molecule has 6 heteroatoms. The number of hydrogen-bond donors (Lipinski definition) is 0. The van der Waals surface area contributed by atoms with E-state index in [1.54, 1.807) is 10.8 Å². The third-order valence-corrected chi connectivity index (χ3v) is 4.01. The van der Waals surface area contributed by atoms with Gasteiger partial charge in [-0.3, -0.25) is 0 Å². The summed E-state index contributed by atoms with van der Waals surface area (Å²) in [5, 5.41) is 4.41. The fraction of sp³-hybridized carbons (Fsp3) is 0.583. The predicted molar refractivity (Wildman–Crippen MR) is 74.3 cm³/mol. The lowest BCUT2D eigenvalue weighted by atomic mass is 10.3. The van der Waals surface area contributed by atoms with E-state index in [0.717, 1.165) is 43.2 Å². The summed E-state index contributed by atoms with van der Waals surface area (Å²) in [6.07, 6.45) is 3.77. The van der Waals surface area contributed by atoms with E-state index in [2.05, 4.69) is 26.9 Å². The van der Waals surface area contributed by atoms with Gasteiger partial charge in [0, 0.05) is 37.1 Å². The molecule has 0 N–H and O–H groups in total. The van der Waals surface area contributed by atoms with Crippen molar-refractivity contribution in [3.05, 3.63) is 18.2 Å². The summed E-state index contributed by atoms with van der Waals surface area (Å²) in [6, 6.07) is 2.04. The third-order valence-electron chi connectivity index (χ3n) is 3.07. The minimum absolute atomic E-state index is 0.904. The minimum Gasteiger partial charge on any atom is -0.355 e. The Bertz CT molecular complexity index is 532. The van der Waals surface area contributed by atoms with Crippen LogP contribution in [0, 0.1) is 0 Å². The molecular formula is C12H17N5S. The quantitative estimate of drug-likeness (QED) is 0.842. The molecule has 5 nitrogen and oxygen atoms in total. The monoisotopic (exact) mass is 263 g/mol. The van der Waals surface area contributed by atoms with E-state index in [9.17, 15) is 0 Å². The Morgan fingerprint density at radius 2 is 2.17 bits per heavy atom. The second-order valence-corrected chi connectivity index (χ2v) is 5.65. The molecular weight excluding hydrogens is 246 g/mol. The van der Waals surface area contributed by atoms with Crippen LogP contribution in [0.3, 0.4) is 0 Å². The molecule has 0 spiro atoms. The number of rotatable bonds is 3. The van der Waals surface area contributed by atoms with Crippen LogP contribution in [0.25, 0.3) is 5.65 Å². The molecule has 0 radical (unpaired) electrons. The number of anilines is 1. The first-order chi connectivity index (χ1) is 8.86. The van der Waals surface area contributed by atoms with Crippen LogP contribution in [-0.4, -0.2) is 44.2 Å². The first kappa shape index (κ1) is 11.8. The molecule has 2 aromatic rings. The van der Waals surface area contributed by atoms with Crippen molar-refractivity contribution in [2.45, 2.75) is 19.8 Å². The summed E-state index contributed by atoms with van der Waals surface area (Å²) in [7, 11) is 0. The Morgan fingerprint density at radius 3 is 2.94 bits per heavy atom. The summed E-state index contributed by atoms with van der Waals surface area (Å²) >= 11 is 2.01. The van der Waals surface area contributed by atoms with Gasteiger partial charge in [0.15, 0.2) is 11.5 Å². The molecule has 0 amide bonds. The zero-order valence-corrected chi connectivity index (χ0v) is 11.4. The maximum absolute atomic E-state index is 4.54. The first-order valence-electron chi connectivity index (χ1n) is 6.41. The van der Waals surface area contributed by atoms with Crippen LogP contribution in [0.4, 0.5) is 5.82 Å². The Morgan fingerprint density at radius 1 is 1.33 bits per heavy atom. The molecule has 0 atom stereocenters. The number of nitrogens with zero attached hydrogens (tertiary/aromatic N) is 5. The van der Waals surface area contributed by atoms with Crippen molar-refractivity contribution in [3.8, 4) is 0 Å². The van der Waals surface area contributed by atoms with Gasteiger partial charge in [0.05, 0.1) is 0 Å². The Labute approximate surface area is 111 Å². The average Bonchev–Trinajstić information content (AvgIpc) is 2.81. The molecule has 0 aromatic carbocycles. The predicted octanol–water partition coefficient (Wildman–Crippen LogP) is 1.63. The van der Waals surface area contributed by atoms with Crippen LogP contribution < -0.4 is 4.90 Å². The SMILES string of the molecule is CCCc1nc2cc(N3CCSCC3)ncn2n1. The van der Waals surface area contributed by atoms with Crippen LogP contribution in [0.5, 0.6) is 0 Å². The summed E-state index contributed by atoms with van der Waals surface area (Å²) in [4.78, 5) is 11.3. The van der Waals surface area contributed by atoms with E-state index >= 15 is 0 Å². The Kier molecular flexibility index (Phi) is 3.36. The molecule has 18 heavy (non-hydrogen) atoms. The largest absolute Gasteiger partial charge is 0.355 e. The van der Waals surface area contributed by atoms with Gasteiger partial charge >= 0.3 is 0 Å². The van der Waals surface area contributed by atoms with Gasteiger partial charge in [-0.25, -0.2) is 14.5 Å². The zero-order chi connectivity index (χ0) is 12.4. The second kappa shape index (κ2) is 5.14. The van der Waals surface area contributed by atoms with Crippen LogP contribution in [0.2, 0.25) is 0 Å². The van der Waals surface area contributed by atoms with Crippen molar-refractivity contribution in [2.24, 2.45) is 0 Å². The Balaban J connectivity index is 1.89. The highest BCUT2D eigenvalue weighted by Gasteiger charge is 2.13. The zero-order valence-electron chi connectivity index (χ0n) is 10.5. The standard InChI is InChI=1S/C12H17N5S/c1-2-3-10-14-12-8-11(13-9-17(12)15-10)16-4-6-18-7-5-16/h8-9H,2-7H2,1H3. The topological polar surface area (TPSA) is 46.3 Å². The van der Waals surface area contributed by atoms with E-state index in [1.807, 2.05) is 17.8 Å². The van der Waals surface area contributed by atoms with Gasteiger partial charge in [0.25, 0.3) is 0 Å². The number of thioether (sulfide) groups is 1. The fourth-order valence-electron chi connectivity index (χ4n) is 2.13. The number of fused-ring (bicyclic) bond motifs is 1. The van der Waals surface area contributed by atoms with Gasteiger partial charge in [0.1, 0.15) is 12.1 Å². The van der Waals surface area contributed by atoms with E-state index < -0.39 is 0 Å². The first-order valence-corrected chi connectivity index (χ1v) is 7.56. The number of aromatic nitrogens is 4. The van der Waals surface area contributed by atoms with Gasteiger partial charge in [-0.05, 0) is 6.42 Å². The van der Waals surface area contributed by atoms with Crippen LogP contribution >= 0.6 is 11.8 Å². The van der Waals surface area contributed by atoms with Gasteiger partial charge in [-0.2, -0.15) is 11.8 Å². The molecule has 1 saturated heterocycles. The third kappa shape index (κ3) is 2.29.